The van der Waals surface area contributed by atoms with Gasteiger partial charge in [0.1, 0.15) is 0 Å². The monoisotopic (exact) mass is 262 g/mol. The number of hydrogen-bond donors (Lipinski definition) is 3. The van der Waals surface area contributed by atoms with Crippen LogP contribution in [0, 0.1) is 6.92 Å². The minimum atomic E-state index is -1.00. The number of carboxylic acid groups (broad SMARTS) is 1. The highest BCUT2D eigenvalue weighted by atomic mass is 16.4. The first-order valence-corrected chi connectivity index (χ1v) is 6.37. The van der Waals surface area contributed by atoms with Gasteiger partial charge in [-0.25, -0.2) is 4.79 Å². The van der Waals surface area contributed by atoms with E-state index in [2.05, 4.69) is 5.32 Å². The largest absolute Gasteiger partial charge is 0.478 e. The first-order chi connectivity index (χ1) is 8.94. The Morgan fingerprint density at radius 2 is 1.95 bits per heavy atom. The van der Waals surface area contributed by atoms with Crippen molar-refractivity contribution in [3.63, 3.8) is 0 Å². The van der Waals surface area contributed by atoms with Gasteiger partial charge in [0.15, 0.2) is 0 Å². The molecule has 1 aliphatic rings. The molecule has 0 spiro atoms. The molecule has 1 aliphatic carbocycles. The van der Waals surface area contributed by atoms with Gasteiger partial charge in [-0.15, -0.1) is 0 Å². The predicted molar refractivity (Wildman–Crippen MR) is 72.2 cm³/mol. The van der Waals surface area contributed by atoms with E-state index < -0.39 is 11.5 Å². The van der Waals surface area contributed by atoms with Crippen LogP contribution in [0.4, 0.5) is 5.69 Å². The van der Waals surface area contributed by atoms with Crippen molar-refractivity contribution in [3.8, 4) is 0 Å². The van der Waals surface area contributed by atoms with E-state index in [-0.39, 0.29) is 11.5 Å². The molecule has 5 heteroatoms. The van der Waals surface area contributed by atoms with E-state index in [0.29, 0.717) is 24.1 Å². The number of rotatable bonds is 3. The minimum absolute atomic E-state index is 0.190. The Morgan fingerprint density at radius 3 is 2.53 bits per heavy atom. The molecule has 0 aromatic heterocycles. The molecule has 102 valence electrons. The van der Waals surface area contributed by atoms with Gasteiger partial charge in [0.05, 0.1) is 11.1 Å². The molecule has 0 saturated heterocycles. The van der Waals surface area contributed by atoms with Crippen LogP contribution in [0.1, 0.15) is 41.6 Å². The van der Waals surface area contributed by atoms with Crippen molar-refractivity contribution in [2.24, 2.45) is 5.73 Å². The zero-order valence-corrected chi connectivity index (χ0v) is 10.9. The Morgan fingerprint density at radius 1 is 1.32 bits per heavy atom. The Kier molecular flexibility index (Phi) is 3.57. The van der Waals surface area contributed by atoms with Crippen LogP contribution in [0.3, 0.4) is 0 Å². The summed E-state index contributed by atoms with van der Waals surface area (Å²) in [7, 11) is 0. The third kappa shape index (κ3) is 2.61. The maximum atomic E-state index is 12.2. The molecule has 1 saturated carbocycles. The van der Waals surface area contributed by atoms with Crippen LogP contribution in [-0.4, -0.2) is 22.5 Å². The number of nitrogens with two attached hydrogens (primary N) is 1. The van der Waals surface area contributed by atoms with Crippen LogP contribution in [0.25, 0.3) is 0 Å². The van der Waals surface area contributed by atoms with Crippen molar-refractivity contribution in [2.75, 3.05) is 5.32 Å². The highest BCUT2D eigenvalue weighted by molar-refractivity contribution is 6.00. The fourth-order valence-corrected chi connectivity index (χ4v) is 2.48. The van der Waals surface area contributed by atoms with Gasteiger partial charge in [0.2, 0.25) is 5.91 Å². The number of benzene rings is 1. The Hall–Kier alpha value is -1.88. The van der Waals surface area contributed by atoms with E-state index in [4.69, 9.17) is 10.8 Å². The molecule has 1 fully saturated rings. The van der Waals surface area contributed by atoms with E-state index in [0.717, 1.165) is 12.8 Å². The van der Waals surface area contributed by atoms with Gasteiger partial charge in [-0.05, 0) is 37.5 Å². The molecule has 19 heavy (non-hydrogen) atoms. The first-order valence-electron chi connectivity index (χ1n) is 6.37. The standard InChI is InChI=1S/C14H18N2O3/c1-9-10(12(17)18)5-4-6-11(9)16-13(19)14(15)7-2-3-8-14/h4-6H,2-3,7-8,15H2,1H3,(H,16,19)(H,17,18). The summed E-state index contributed by atoms with van der Waals surface area (Å²) in [5, 5.41) is 11.8. The van der Waals surface area contributed by atoms with E-state index in [1.54, 1.807) is 19.1 Å². The molecular weight excluding hydrogens is 244 g/mol. The van der Waals surface area contributed by atoms with Crippen LogP contribution in [0.15, 0.2) is 18.2 Å². The molecule has 4 N–H and O–H groups in total. The molecule has 0 bridgehead atoms. The summed E-state index contributed by atoms with van der Waals surface area (Å²) in [5.41, 5.74) is 6.51. The number of anilines is 1. The van der Waals surface area contributed by atoms with Gasteiger partial charge in [-0.3, -0.25) is 4.79 Å². The van der Waals surface area contributed by atoms with Crippen LogP contribution in [0.2, 0.25) is 0 Å². The topological polar surface area (TPSA) is 92.4 Å². The normalized spacial score (nSPS) is 17.2. The number of amides is 1. The molecule has 0 aliphatic heterocycles. The number of carbonyl (C=O) groups excluding carboxylic acids is 1. The lowest BCUT2D eigenvalue weighted by molar-refractivity contribution is -0.121. The molecule has 1 amide bonds. The van der Waals surface area contributed by atoms with Crippen LogP contribution >= 0.6 is 0 Å². The maximum Gasteiger partial charge on any atom is 0.336 e. The van der Waals surface area contributed by atoms with E-state index in [1.807, 2.05) is 0 Å². The lowest BCUT2D eigenvalue weighted by Gasteiger charge is -2.23. The average Bonchev–Trinajstić information content (AvgIpc) is 2.80. The fraction of sp³-hybridized carbons (Fsp3) is 0.429. The lowest BCUT2D eigenvalue weighted by atomic mass is 9.97. The van der Waals surface area contributed by atoms with Gasteiger partial charge in [0, 0.05) is 5.69 Å². The Labute approximate surface area is 111 Å². The molecular formula is C14H18N2O3. The summed E-state index contributed by atoms with van der Waals surface area (Å²) >= 11 is 0. The summed E-state index contributed by atoms with van der Waals surface area (Å²) < 4.78 is 0. The van der Waals surface area contributed by atoms with Gasteiger partial charge >= 0.3 is 5.97 Å². The van der Waals surface area contributed by atoms with Crippen molar-refractivity contribution in [1.29, 1.82) is 0 Å². The van der Waals surface area contributed by atoms with Crippen molar-refractivity contribution < 1.29 is 14.7 Å². The minimum Gasteiger partial charge on any atom is -0.478 e. The number of carboxylic acids is 1. The van der Waals surface area contributed by atoms with E-state index in [9.17, 15) is 9.59 Å². The predicted octanol–water partition coefficient (Wildman–Crippen LogP) is 1.90. The quantitative estimate of drug-likeness (QED) is 0.775. The van der Waals surface area contributed by atoms with Crippen molar-refractivity contribution >= 4 is 17.6 Å². The fourth-order valence-electron chi connectivity index (χ4n) is 2.48. The van der Waals surface area contributed by atoms with Crippen LogP contribution in [0.5, 0.6) is 0 Å². The van der Waals surface area contributed by atoms with E-state index >= 15 is 0 Å². The molecule has 5 nitrogen and oxygen atoms in total. The highest BCUT2D eigenvalue weighted by Gasteiger charge is 2.37. The molecule has 0 atom stereocenters. The zero-order valence-electron chi connectivity index (χ0n) is 10.9. The molecule has 0 heterocycles. The Balaban J connectivity index is 2.22. The second-order valence-electron chi connectivity index (χ2n) is 5.10. The third-order valence-electron chi connectivity index (χ3n) is 3.76. The third-order valence-corrected chi connectivity index (χ3v) is 3.76. The number of aromatic carboxylic acids is 1. The molecule has 2 rings (SSSR count). The lowest BCUT2D eigenvalue weighted by Crippen LogP contribution is -2.48. The van der Waals surface area contributed by atoms with Gasteiger partial charge < -0.3 is 16.2 Å². The van der Waals surface area contributed by atoms with Crippen LogP contribution in [-0.2, 0) is 4.79 Å². The summed E-state index contributed by atoms with van der Waals surface area (Å²) in [6.45, 7) is 1.68. The second-order valence-corrected chi connectivity index (χ2v) is 5.10. The number of carbonyl (C=O) groups is 2. The molecule has 1 aromatic rings. The average molecular weight is 262 g/mol. The number of nitrogens with one attached hydrogen (secondary N) is 1. The van der Waals surface area contributed by atoms with Gasteiger partial charge in [0.25, 0.3) is 0 Å². The summed E-state index contributed by atoms with van der Waals surface area (Å²) in [6, 6.07) is 4.82. The maximum absolute atomic E-state index is 12.2. The van der Waals surface area contributed by atoms with Crippen molar-refractivity contribution in [3.05, 3.63) is 29.3 Å². The van der Waals surface area contributed by atoms with Gasteiger partial charge in [-0.1, -0.05) is 18.9 Å². The van der Waals surface area contributed by atoms with Crippen LogP contribution < -0.4 is 11.1 Å². The summed E-state index contributed by atoms with van der Waals surface area (Å²) in [5.74, 6) is -1.23. The smallest absolute Gasteiger partial charge is 0.336 e. The second kappa shape index (κ2) is 5.01. The van der Waals surface area contributed by atoms with Crippen molar-refractivity contribution in [2.45, 2.75) is 38.1 Å². The Bertz CT molecular complexity index is 519. The van der Waals surface area contributed by atoms with Crippen molar-refractivity contribution in [1.82, 2.24) is 0 Å². The van der Waals surface area contributed by atoms with Gasteiger partial charge in [-0.2, -0.15) is 0 Å². The van der Waals surface area contributed by atoms with E-state index in [1.165, 1.54) is 6.07 Å². The summed E-state index contributed by atoms with van der Waals surface area (Å²) in [4.78, 5) is 23.2. The summed E-state index contributed by atoms with van der Waals surface area (Å²) in [6.07, 6.45) is 3.27. The molecule has 0 unspecified atom stereocenters. The first kappa shape index (κ1) is 13.5. The highest BCUT2D eigenvalue weighted by Crippen LogP contribution is 2.29. The zero-order chi connectivity index (χ0) is 14.0. The SMILES string of the molecule is Cc1c(NC(=O)C2(N)CCCC2)cccc1C(=O)O. The molecule has 1 aromatic carbocycles. The molecule has 0 radical (unpaired) electrons. The number of hydrogen-bond acceptors (Lipinski definition) is 3.